The van der Waals surface area contributed by atoms with Crippen LogP contribution >= 0.6 is 11.6 Å². The summed E-state index contributed by atoms with van der Waals surface area (Å²) in [4.78, 5) is 26.2. The molecule has 0 radical (unpaired) electrons. The van der Waals surface area contributed by atoms with Gasteiger partial charge in [0.15, 0.2) is 0 Å². The van der Waals surface area contributed by atoms with Crippen LogP contribution in [0.3, 0.4) is 0 Å². The van der Waals surface area contributed by atoms with E-state index in [1.54, 1.807) is 11.0 Å². The monoisotopic (exact) mass is 434 g/mol. The van der Waals surface area contributed by atoms with Crippen molar-refractivity contribution < 1.29 is 9.72 Å². The number of amides is 1. The number of halogens is 1. The third kappa shape index (κ3) is 3.49. The Morgan fingerprint density at radius 3 is 2.32 bits per heavy atom. The third-order valence-corrected chi connectivity index (χ3v) is 6.45. The third-order valence-electron chi connectivity index (χ3n) is 6.13. The Kier molecular flexibility index (Phi) is 5.10. The first kappa shape index (κ1) is 21.1. The van der Waals surface area contributed by atoms with E-state index in [1.807, 2.05) is 50.2 Å². The predicted octanol–water partition coefficient (Wildman–Crippen LogP) is 6.38. The topological polar surface area (TPSA) is 63.5 Å². The normalized spacial score (nSPS) is 19.5. The van der Waals surface area contributed by atoms with Crippen molar-refractivity contribution in [1.29, 1.82) is 0 Å². The fourth-order valence-electron chi connectivity index (χ4n) is 4.86. The second-order valence-corrected chi connectivity index (χ2v) is 9.18. The van der Waals surface area contributed by atoms with Crippen LogP contribution in [0.2, 0.25) is 5.02 Å². The number of rotatable bonds is 3. The van der Waals surface area contributed by atoms with Crippen molar-refractivity contribution in [2.75, 3.05) is 4.90 Å². The summed E-state index contributed by atoms with van der Waals surface area (Å²) in [5.41, 5.74) is 2.19. The molecule has 0 unspecified atom stereocenters. The summed E-state index contributed by atoms with van der Waals surface area (Å²) in [6, 6.07) is 22.4. The molecular weight excluding hydrogens is 412 g/mol. The Labute approximate surface area is 186 Å². The minimum atomic E-state index is -0.569. The molecule has 1 atom stereocenters. The Morgan fingerprint density at radius 1 is 1.00 bits per heavy atom. The van der Waals surface area contributed by atoms with Crippen molar-refractivity contribution in [3.05, 3.63) is 105 Å². The molecule has 4 rings (SSSR count). The molecule has 1 heterocycles. The van der Waals surface area contributed by atoms with Gasteiger partial charge in [0.25, 0.3) is 11.6 Å². The van der Waals surface area contributed by atoms with E-state index in [0.29, 0.717) is 6.42 Å². The number of anilines is 1. The smallest absolute Gasteiger partial charge is 0.288 e. The summed E-state index contributed by atoms with van der Waals surface area (Å²) in [6.45, 7) is 6.27. The van der Waals surface area contributed by atoms with Crippen LogP contribution in [-0.4, -0.2) is 16.4 Å². The number of nitrogens with zero attached hydrogens (tertiary/aromatic N) is 2. The standard InChI is InChI=1S/C25H23ClN2O3/c1-24(2)16-25(3,18-9-5-4-6-10-18)19-11-7-8-12-21(19)27(24)23(29)17-13-14-20(26)22(15-17)28(30)31/h4-15H,16H2,1-3H3/t25-/m1/s1. The van der Waals surface area contributed by atoms with Crippen molar-refractivity contribution in [3.63, 3.8) is 0 Å². The van der Waals surface area contributed by atoms with Gasteiger partial charge in [-0.05, 0) is 49.6 Å². The van der Waals surface area contributed by atoms with Gasteiger partial charge in [0.1, 0.15) is 5.02 Å². The maximum atomic E-state index is 13.7. The van der Waals surface area contributed by atoms with E-state index >= 15 is 0 Å². The molecular formula is C25H23ClN2O3. The van der Waals surface area contributed by atoms with Crippen LogP contribution in [0.25, 0.3) is 0 Å². The highest BCUT2D eigenvalue weighted by atomic mass is 35.5. The summed E-state index contributed by atoms with van der Waals surface area (Å²) < 4.78 is 0. The van der Waals surface area contributed by atoms with Crippen molar-refractivity contribution >= 4 is 28.9 Å². The van der Waals surface area contributed by atoms with E-state index in [1.165, 1.54) is 17.7 Å². The fraction of sp³-hybridized carbons (Fsp3) is 0.240. The number of nitro benzene ring substituents is 1. The number of nitro groups is 1. The number of carbonyl (C=O) groups is 1. The molecule has 3 aromatic rings. The Hall–Kier alpha value is -3.18. The average molecular weight is 435 g/mol. The highest BCUT2D eigenvalue weighted by molar-refractivity contribution is 6.32. The lowest BCUT2D eigenvalue weighted by atomic mass is 9.65. The van der Waals surface area contributed by atoms with Gasteiger partial charge in [-0.1, -0.05) is 67.1 Å². The molecule has 31 heavy (non-hydrogen) atoms. The van der Waals surface area contributed by atoms with Gasteiger partial charge < -0.3 is 4.90 Å². The van der Waals surface area contributed by atoms with Crippen molar-refractivity contribution in [3.8, 4) is 0 Å². The highest BCUT2D eigenvalue weighted by Gasteiger charge is 2.47. The summed E-state index contributed by atoms with van der Waals surface area (Å²) in [5, 5.41) is 11.3. The lowest BCUT2D eigenvalue weighted by Gasteiger charge is -2.51. The molecule has 0 N–H and O–H groups in total. The zero-order chi connectivity index (χ0) is 22.4. The molecule has 1 aliphatic heterocycles. The van der Waals surface area contributed by atoms with E-state index in [2.05, 4.69) is 25.1 Å². The number of benzene rings is 3. The second-order valence-electron chi connectivity index (χ2n) is 8.77. The van der Waals surface area contributed by atoms with Gasteiger partial charge in [-0.3, -0.25) is 14.9 Å². The Bertz CT molecular complexity index is 1180. The predicted molar refractivity (Wildman–Crippen MR) is 123 cm³/mol. The maximum absolute atomic E-state index is 13.7. The molecule has 1 aliphatic rings. The summed E-state index contributed by atoms with van der Waals surface area (Å²) in [6.07, 6.45) is 0.697. The summed E-state index contributed by atoms with van der Waals surface area (Å²) in [7, 11) is 0. The second kappa shape index (κ2) is 7.50. The minimum Gasteiger partial charge on any atom is -0.302 e. The Balaban J connectivity index is 1.87. The van der Waals surface area contributed by atoms with Gasteiger partial charge in [0.05, 0.1) is 4.92 Å². The van der Waals surface area contributed by atoms with Gasteiger partial charge in [-0.15, -0.1) is 0 Å². The molecule has 0 bridgehead atoms. The van der Waals surface area contributed by atoms with Crippen molar-refractivity contribution in [1.82, 2.24) is 0 Å². The molecule has 158 valence electrons. The lowest BCUT2D eigenvalue weighted by Crippen LogP contribution is -2.55. The zero-order valence-corrected chi connectivity index (χ0v) is 18.4. The van der Waals surface area contributed by atoms with E-state index in [4.69, 9.17) is 11.6 Å². The zero-order valence-electron chi connectivity index (χ0n) is 17.6. The number of hydrogen-bond donors (Lipinski definition) is 0. The van der Waals surface area contributed by atoms with Crippen molar-refractivity contribution in [2.45, 2.75) is 38.1 Å². The van der Waals surface area contributed by atoms with Crippen LogP contribution in [-0.2, 0) is 5.41 Å². The van der Waals surface area contributed by atoms with Crippen LogP contribution < -0.4 is 4.90 Å². The van der Waals surface area contributed by atoms with Gasteiger partial charge in [0.2, 0.25) is 0 Å². The van der Waals surface area contributed by atoms with E-state index < -0.39 is 10.5 Å². The SMILES string of the molecule is CC1(C)C[C@](C)(c2ccccc2)c2ccccc2N1C(=O)c1ccc(Cl)c([N+](=O)[O-])c1. The lowest BCUT2D eigenvalue weighted by molar-refractivity contribution is -0.384. The number of fused-ring (bicyclic) bond motifs is 1. The first-order chi connectivity index (χ1) is 14.6. The maximum Gasteiger partial charge on any atom is 0.288 e. The Morgan fingerprint density at radius 2 is 1.65 bits per heavy atom. The molecule has 0 aromatic heterocycles. The van der Waals surface area contributed by atoms with Gasteiger partial charge in [0, 0.05) is 28.3 Å². The molecule has 0 fully saturated rings. The van der Waals surface area contributed by atoms with E-state index in [-0.39, 0.29) is 27.6 Å². The summed E-state index contributed by atoms with van der Waals surface area (Å²) in [5.74, 6) is -0.285. The molecule has 3 aromatic carbocycles. The molecule has 0 saturated carbocycles. The largest absolute Gasteiger partial charge is 0.302 e. The van der Waals surface area contributed by atoms with E-state index in [9.17, 15) is 14.9 Å². The van der Waals surface area contributed by atoms with Gasteiger partial charge in [-0.25, -0.2) is 0 Å². The molecule has 0 aliphatic carbocycles. The van der Waals surface area contributed by atoms with Crippen LogP contribution in [0, 0.1) is 10.1 Å². The number of para-hydroxylation sites is 1. The number of carbonyl (C=O) groups excluding carboxylic acids is 1. The molecule has 0 saturated heterocycles. The van der Waals surface area contributed by atoms with Crippen molar-refractivity contribution in [2.24, 2.45) is 0 Å². The molecule has 5 nitrogen and oxygen atoms in total. The fourth-order valence-corrected chi connectivity index (χ4v) is 5.05. The quantitative estimate of drug-likeness (QED) is 0.354. The first-order valence-corrected chi connectivity index (χ1v) is 10.5. The van der Waals surface area contributed by atoms with Gasteiger partial charge in [-0.2, -0.15) is 0 Å². The van der Waals surface area contributed by atoms with Crippen LogP contribution in [0.4, 0.5) is 11.4 Å². The average Bonchev–Trinajstić information content (AvgIpc) is 2.73. The molecule has 0 spiro atoms. The molecule has 1 amide bonds. The summed E-state index contributed by atoms with van der Waals surface area (Å²) >= 11 is 5.96. The minimum absolute atomic E-state index is 0.0107. The van der Waals surface area contributed by atoms with Gasteiger partial charge >= 0.3 is 0 Å². The van der Waals surface area contributed by atoms with Crippen LogP contribution in [0.1, 0.15) is 48.7 Å². The first-order valence-electron chi connectivity index (χ1n) is 10.1. The number of hydrogen-bond acceptors (Lipinski definition) is 3. The van der Waals surface area contributed by atoms with Crippen LogP contribution in [0.5, 0.6) is 0 Å². The van der Waals surface area contributed by atoms with E-state index in [0.717, 1.165) is 11.3 Å². The van der Waals surface area contributed by atoms with Crippen LogP contribution in [0.15, 0.2) is 72.8 Å². The molecule has 6 heteroatoms. The highest BCUT2D eigenvalue weighted by Crippen LogP contribution is 2.50.